The van der Waals surface area contributed by atoms with Crippen molar-refractivity contribution in [2.75, 3.05) is 0 Å². The van der Waals surface area contributed by atoms with Crippen molar-refractivity contribution in [1.29, 1.82) is 5.26 Å². The minimum Gasteiger partial charge on any atom is -0.478 e. The second-order valence-electron chi connectivity index (χ2n) is 2.55. The molecule has 3 nitrogen and oxygen atoms in total. The molecule has 0 aliphatic heterocycles. The highest BCUT2D eigenvalue weighted by molar-refractivity contribution is 9.10. The molecule has 0 aliphatic rings. The predicted molar refractivity (Wildman–Crippen MR) is 55.4 cm³/mol. The summed E-state index contributed by atoms with van der Waals surface area (Å²) in [6.07, 6.45) is 0. The highest BCUT2D eigenvalue weighted by atomic mass is 79.9. The molecule has 0 aromatic heterocycles. The third-order valence-corrected chi connectivity index (χ3v) is 2.58. The van der Waals surface area contributed by atoms with Crippen LogP contribution in [0.15, 0.2) is 16.6 Å². The molecule has 14 heavy (non-hydrogen) atoms. The first kappa shape index (κ1) is 11.0. The molecule has 0 saturated carbocycles. The number of rotatable bonds is 2. The Morgan fingerprint density at radius 3 is 2.71 bits per heavy atom. The van der Waals surface area contributed by atoms with Crippen molar-refractivity contribution >= 4 is 33.5 Å². The summed E-state index contributed by atoms with van der Waals surface area (Å²) in [6, 6.07) is 4.86. The number of hydrogen-bond donors (Lipinski definition) is 1. The van der Waals surface area contributed by atoms with Crippen molar-refractivity contribution in [3.8, 4) is 6.07 Å². The minimum absolute atomic E-state index is 0.0301. The van der Waals surface area contributed by atoms with Crippen molar-refractivity contribution < 1.29 is 9.90 Å². The van der Waals surface area contributed by atoms with E-state index in [0.29, 0.717) is 10.0 Å². The van der Waals surface area contributed by atoms with Crippen LogP contribution in [0.5, 0.6) is 0 Å². The molecule has 1 rings (SSSR count). The van der Waals surface area contributed by atoms with Crippen LogP contribution < -0.4 is 0 Å². The number of benzene rings is 1. The van der Waals surface area contributed by atoms with Gasteiger partial charge < -0.3 is 5.11 Å². The molecule has 72 valence electrons. The molecule has 0 saturated heterocycles. The van der Waals surface area contributed by atoms with E-state index in [1.54, 1.807) is 6.07 Å². The van der Waals surface area contributed by atoms with Crippen LogP contribution in [0, 0.1) is 11.3 Å². The number of nitriles is 1. The van der Waals surface area contributed by atoms with Gasteiger partial charge in [-0.2, -0.15) is 5.26 Å². The summed E-state index contributed by atoms with van der Waals surface area (Å²) in [5.41, 5.74) is 0.749. The standard InChI is InChI=1S/C9H5BrClNO2/c10-8-2-5(3-11)1-6(9(13)14)7(8)4-12/h1-2H,3H2,(H,13,14). The fraction of sp³-hybridized carbons (Fsp3) is 0.111. The first-order valence-corrected chi connectivity index (χ1v) is 4.94. The zero-order chi connectivity index (χ0) is 10.7. The van der Waals surface area contributed by atoms with Gasteiger partial charge in [-0.1, -0.05) is 0 Å². The van der Waals surface area contributed by atoms with Crippen molar-refractivity contribution in [3.63, 3.8) is 0 Å². The molecule has 1 aromatic rings. The van der Waals surface area contributed by atoms with E-state index >= 15 is 0 Å². The van der Waals surface area contributed by atoms with Gasteiger partial charge in [0.1, 0.15) is 6.07 Å². The van der Waals surface area contributed by atoms with Crippen LogP contribution in [0.1, 0.15) is 21.5 Å². The molecule has 0 heterocycles. The van der Waals surface area contributed by atoms with E-state index in [1.165, 1.54) is 6.07 Å². The van der Waals surface area contributed by atoms with Crippen molar-refractivity contribution in [3.05, 3.63) is 33.3 Å². The van der Waals surface area contributed by atoms with E-state index in [4.69, 9.17) is 22.0 Å². The average molecular weight is 275 g/mol. The molecule has 0 atom stereocenters. The number of carboxylic acids is 1. The first-order valence-electron chi connectivity index (χ1n) is 3.62. The lowest BCUT2D eigenvalue weighted by molar-refractivity contribution is 0.0696. The monoisotopic (exact) mass is 273 g/mol. The van der Waals surface area contributed by atoms with Crippen LogP contribution >= 0.6 is 27.5 Å². The van der Waals surface area contributed by atoms with Gasteiger partial charge in [0.2, 0.25) is 0 Å². The van der Waals surface area contributed by atoms with E-state index < -0.39 is 5.97 Å². The highest BCUT2D eigenvalue weighted by Gasteiger charge is 2.14. The molecule has 1 N–H and O–H groups in total. The van der Waals surface area contributed by atoms with Crippen molar-refractivity contribution in [2.24, 2.45) is 0 Å². The summed E-state index contributed by atoms with van der Waals surface area (Å²) in [4.78, 5) is 10.8. The molecular weight excluding hydrogens is 269 g/mol. The van der Waals surface area contributed by atoms with Crippen molar-refractivity contribution in [1.82, 2.24) is 0 Å². The van der Waals surface area contributed by atoms with Crippen LogP contribution in [0.4, 0.5) is 0 Å². The zero-order valence-corrected chi connectivity index (χ0v) is 9.26. The molecule has 0 spiro atoms. The van der Waals surface area contributed by atoms with Crippen LogP contribution in [-0.2, 0) is 5.88 Å². The van der Waals surface area contributed by atoms with Gasteiger partial charge in [0, 0.05) is 10.4 Å². The summed E-state index contributed by atoms with van der Waals surface area (Å²) in [6.45, 7) is 0. The largest absolute Gasteiger partial charge is 0.478 e. The second-order valence-corrected chi connectivity index (χ2v) is 3.67. The van der Waals surface area contributed by atoms with Crippen LogP contribution in [0.3, 0.4) is 0 Å². The summed E-state index contributed by atoms with van der Waals surface area (Å²) in [5, 5.41) is 17.6. The third kappa shape index (κ3) is 2.06. The molecule has 0 fully saturated rings. The Kier molecular flexibility index (Phi) is 3.50. The van der Waals surface area contributed by atoms with E-state index in [9.17, 15) is 4.79 Å². The van der Waals surface area contributed by atoms with Gasteiger partial charge in [0.15, 0.2) is 0 Å². The maximum atomic E-state index is 10.8. The molecule has 5 heteroatoms. The highest BCUT2D eigenvalue weighted by Crippen LogP contribution is 2.23. The number of hydrogen-bond acceptors (Lipinski definition) is 2. The summed E-state index contributed by atoms with van der Waals surface area (Å²) < 4.78 is 0.454. The Hall–Kier alpha value is -1.05. The molecule has 0 amide bonds. The third-order valence-electron chi connectivity index (χ3n) is 1.65. The Balaban J connectivity index is 3.45. The van der Waals surface area contributed by atoms with E-state index in [1.807, 2.05) is 6.07 Å². The summed E-state index contributed by atoms with van der Waals surface area (Å²) in [5.74, 6) is -0.917. The lowest BCUT2D eigenvalue weighted by Crippen LogP contribution is -2.02. The number of nitrogens with zero attached hydrogens (tertiary/aromatic N) is 1. The molecule has 0 bridgehead atoms. The fourth-order valence-electron chi connectivity index (χ4n) is 1.02. The topological polar surface area (TPSA) is 61.1 Å². The SMILES string of the molecule is N#Cc1c(Br)cc(CCl)cc1C(=O)O. The zero-order valence-electron chi connectivity index (χ0n) is 6.92. The van der Waals surface area contributed by atoms with Gasteiger partial charge >= 0.3 is 5.97 Å². The van der Waals surface area contributed by atoms with E-state index in [0.717, 1.165) is 0 Å². The Morgan fingerprint density at radius 2 is 2.29 bits per heavy atom. The first-order chi connectivity index (χ1) is 6.60. The van der Waals surface area contributed by atoms with Gasteiger partial charge in [-0.05, 0) is 33.6 Å². The van der Waals surface area contributed by atoms with E-state index in [2.05, 4.69) is 15.9 Å². The molecular formula is C9H5BrClNO2. The number of carboxylic acid groups (broad SMARTS) is 1. The number of halogens is 2. The van der Waals surface area contributed by atoms with Crippen molar-refractivity contribution in [2.45, 2.75) is 5.88 Å². The molecule has 1 aromatic carbocycles. The molecule has 0 unspecified atom stereocenters. The van der Waals surface area contributed by atoms with Crippen LogP contribution in [0.2, 0.25) is 0 Å². The van der Waals surface area contributed by atoms with Gasteiger partial charge in [0.05, 0.1) is 11.1 Å². The van der Waals surface area contributed by atoms with Crippen LogP contribution in [-0.4, -0.2) is 11.1 Å². The Bertz CT molecular complexity index is 426. The van der Waals surface area contributed by atoms with Gasteiger partial charge in [0.25, 0.3) is 0 Å². The quantitative estimate of drug-likeness (QED) is 0.844. The van der Waals surface area contributed by atoms with E-state index in [-0.39, 0.29) is 17.0 Å². The fourth-order valence-corrected chi connectivity index (χ4v) is 1.77. The number of aromatic carboxylic acids is 1. The number of carbonyl (C=O) groups is 1. The van der Waals surface area contributed by atoms with Crippen LogP contribution in [0.25, 0.3) is 0 Å². The molecule has 0 aliphatic carbocycles. The molecule has 0 radical (unpaired) electrons. The number of alkyl halides is 1. The maximum Gasteiger partial charge on any atom is 0.337 e. The lowest BCUT2D eigenvalue weighted by atomic mass is 10.1. The van der Waals surface area contributed by atoms with Gasteiger partial charge in [-0.3, -0.25) is 0 Å². The maximum absolute atomic E-state index is 10.8. The Morgan fingerprint density at radius 1 is 1.64 bits per heavy atom. The minimum atomic E-state index is -1.13. The predicted octanol–water partition coefficient (Wildman–Crippen LogP) is 2.76. The second kappa shape index (κ2) is 4.45. The smallest absolute Gasteiger partial charge is 0.337 e. The van der Waals surface area contributed by atoms with Gasteiger partial charge in [-0.25, -0.2) is 4.79 Å². The average Bonchev–Trinajstić information content (AvgIpc) is 2.16. The van der Waals surface area contributed by atoms with Gasteiger partial charge in [-0.15, -0.1) is 11.6 Å². The summed E-state index contributed by atoms with van der Waals surface area (Å²) >= 11 is 8.70. The normalized spacial score (nSPS) is 9.50. The summed E-state index contributed by atoms with van der Waals surface area (Å²) in [7, 11) is 0. The Labute approximate surface area is 94.0 Å². The lowest BCUT2D eigenvalue weighted by Gasteiger charge is -2.03.